The van der Waals surface area contributed by atoms with Crippen molar-refractivity contribution < 1.29 is 9.53 Å². The van der Waals surface area contributed by atoms with Gasteiger partial charge in [-0.1, -0.05) is 36.8 Å². The van der Waals surface area contributed by atoms with Crippen molar-refractivity contribution in [1.82, 2.24) is 0 Å². The molecule has 2 aliphatic rings. The molecule has 2 nitrogen and oxygen atoms in total. The molecular weight excluding hydrogens is 212 g/mol. The van der Waals surface area contributed by atoms with Crippen LogP contribution in [0.4, 0.5) is 0 Å². The first-order chi connectivity index (χ1) is 8.34. The van der Waals surface area contributed by atoms with Crippen molar-refractivity contribution in [2.75, 3.05) is 0 Å². The van der Waals surface area contributed by atoms with Crippen LogP contribution >= 0.6 is 0 Å². The molecule has 17 heavy (non-hydrogen) atoms. The van der Waals surface area contributed by atoms with Gasteiger partial charge in [-0.15, -0.1) is 0 Å². The number of carbonyl (C=O) groups is 1. The van der Waals surface area contributed by atoms with E-state index in [2.05, 4.69) is 0 Å². The largest absolute Gasteiger partial charge is 0.365 e. The second-order valence-corrected chi connectivity index (χ2v) is 5.24. The van der Waals surface area contributed by atoms with Gasteiger partial charge < -0.3 is 4.74 Å². The molecule has 0 aliphatic heterocycles. The number of benzene rings is 1. The van der Waals surface area contributed by atoms with Crippen LogP contribution in [-0.4, -0.2) is 11.9 Å². The molecule has 0 N–H and O–H groups in total. The highest BCUT2D eigenvalue weighted by Crippen LogP contribution is 2.43. The van der Waals surface area contributed by atoms with E-state index < -0.39 is 0 Å². The van der Waals surface area contributed by atoms with E-state index in [9.17, 15) is 4.79 Å². The molecular formula is C15H18O2. The van der Waals surface area contributed by atoms with Crippen LogP contribution in [0.15, 0.2) is 30.3 Å². The van der Waals surface area contributed by atoms with E-state index in [4.69, 9.17) is 4.74 Å². The molecule has 0 aromatic heterocycles. The molecule has 90 valence electrons. The van der Waals surface area contributed by atoms with Gasteiger partial charge in [0, 0.05) is 6.42 Å². The fourth-order valence-corrected chi connectivity index (χ4v) is 3.31. The van der Waals surface area contributed by atoms with Gasteiger partial charge in [0.25, 0.3) is 0 Å². The van der Waals surface area contributed by atoms with Gasteiger partial charge in [0.1, 0.15) is 6.10 Å². The normalized spacial score (nSPS) is 31.8. The zero-order valence-corrected chi connectivity index (χ0v) is 9.97. The van der Waals surface area contributed by atoms with Gasteiger partial charge in [-0.2, -0.15) is 0 Å². The van der Waals surface area contributed by atoms with Gasteiger partial charge in [-0.3, -0.25) is 4.79 Å². The summed E-state index contributed by atoms with van der Waals surface area (Å²) in [6, 6.07) is 10.1. The smallest absolute Gasteiger partial charge is 0.162 e. The summed E-state index contributed by atoms with van der Waals surface area (Å²) in [6.45, 7) is 0.570. The minimum atomic E-state index is -0.122. The lowest BCUT2D eigenvalue weighted by molar-refractivity contribution is -0.130. The Hall–Kier alpha value is -1.15. The van der Waals surface area contributed by atoms with Crippen molar-refractivity contribution in [1.29, 1.82) is 0 Å². The predicted octanol–water partition coefficient (Wildman–Crippen LogP) is 2.96. The number of rotatable bonds is 3. The van der Waals surface area contributed by atoms with E-state index in [1.54, 1.807) is 0 Å². The van der Waals surface area contributed by atoms with Crippen LogP contribution in [0, 0.1) is 11.8 Å². The number of ether oxygens (including phenoxy) is 1. The first kappa shape index (κ1) is 11.0. The lowest BCUT2D eigenvalue weighted by Gasteiger charge is -2.17. The van der Waals surface area contributed by atoms with Crippen LogP contribution in [0.2, 0.25) is 0 Å². The van der Waals surface area contributed by atoms with E-state index in [0.29, 0.717) is 24.2 Å². The maximum atomic E-state index is 11.9. The molecule has 1 aromatic carbocycles. The molecule has 0 saturated heterocycles. The summed E-state index contributed by atoms with van der Waals surface area (Å²) in [5, 5.41) is 0. The predicted molar refractivity (Wildman–Crippen MR) is 65.5 cm³/mol. The summed E-state index contributed by atoms with van der Waals surface area (Å²) in [5.41, 5.74) is 1.15. The average Bonchev–Trinajstić information content (AvgIpc) is 2.89. The molecule has 3 rings (SSSR count). The third-order valence-electron chi connectivity index (χ3n) is 4.16. The number of Topliss-reactive ketones (excluding diaryl/α,β-unsaturated/α-hetero) is 1. The minimum absolute atomic E-state index is 0.122. The number of carbonyl (C=O) groups excluding carboxylic acids is 1. The van der Waals surface area contributed by atoms with Crippen LogP contribution in [0.1, 0.15) is 31.2 Å². The Bertz CT molecular complexity index is 399. The highest BCUT2D eigenvalue weighted by molar-refractivity contribution is 5.86. The van der Waals surface area contributed by atoms with Crippen LogP contribution in [0.25, 0.3) is 0 Å². The van der Waals surface area contributed by atoms with E-state index in [1.807, 2.05) is 30.3 Å². The average molecular weight is 230 g/mol. The molecule has 0 bridgehead atoms. The van der Waals surface area contributed by atoms with Gasteiger partial charge in [0.15, 0.2) is 5.78 Å². The van der Waals surface area contributed by atoms with Crippen LogP contribution in [0.5, 0.6) is 0 Å². The van der Waals surface area contributed by atoms with Gasteiger partial charge in [-0.05, 0) is 30.2 Å². The molecule has 0 heterocycles. The quantitative estimate of drug-likeness (QED) is 0.798. The summed E-state index contributed by atoms with van der Waals surface area (Å²) in [5.74, 6) is 1.45. The van der Waals surface area contributed by atoms with Gasteiger partial charge in [0.2, 0.25) is 0 Å². The fourth-order valence-electron chi connectivity index (χ4n) is 3.31. The molecule has 0 radical (unpaired) electrons. The SMILES string of the molecule is O=C1C[C@@H]2CCC[C@@H]2[C@H]1OCc1ccccc1. The van der Waals surface area contributed by atoms with Gasteiger partial charge in [0.05, 0.1) is 6.61 Å². The van der Waals surface area contributed by atoms with E-state index in [-0.39, 0.29) is 6.10 Å². The van der Waals surface area contributed by atoms with Crippen molar-refractivity contribution in [2.24, 2.45) is 11.8 Å². The van der Waals surface area contributed by atoms with Crippen LogP contribution < -0.4 is 0 Å². The minimum Gasteiger partial charge on any atom is -0.365 e. The fraction of sp³-hybridized carbons (Fsp3) is 0.533. The Morgan fingerprint density at radius 2 is 2.00 bits per heavy atom. The summed E-state index contributed by atoms with van der Waals surface area (Å²) in [7, 11) is 0. The summed E-state index contributed by atoms with van der Waals surface area (Å²) < 4.78 is 5.87. The van der Waals surface area contributed by atoms with Gasteiger partial charge in [-0.25, -0.2) is 0 Å². The molecule has 2 heteroatoms. The zero-order valence-electron chi connectivity index (χ0n) is 9.97. The second-order valence-electron chi connectivity index (χ2n) is 5.24. The first-order valence-corrected chi connectivity index (χ1v) is 6.53. The van der Waals surface area contributed by atoms with Crippen LogP contribution in [-0.2, 0) is 16.1 Å². The Morgan fingerprint density at radius 3 is 2.82 bits per heavy atom. The van der Waals surface area contributed by atoms with Crippen molar-refractivity contribution in [3.05, 3.63) is 35.9 Å². The van der Waals surface area contributed by atoms with Crippen molar-refractivity contribution in [3.63, 3.8) is 0 Å². The Morgan fingerprint density at radius 1 is 1.18 bits per heavy atom. The Kier molecular flexibility index (Phi) is 2.98. The molecule has 0 unspecified atom stereocenters. The molecule has 1 aromatic rings. The lowest BCUT2D eigenvalue weighted by atomic mass is 9.99. The highest BCUT2D eigenvalue weighted by Gasteiger charge is 2.45. The molecule has 0 amide bonds. The number of ketones is 1. The number of hydrogen-bond acceptors (Lipinski definition) is 2. The zero-order chi connectivity index (χ0) is 11.7. The van der Waals surface area contributed by atoms with E-state index in [0.717, 1.165) is 12.0 Å². The standard InChI is InChI=1S/C15H18O2/c16-14-9-12-7-4-8-13(12)15(14)17-10-11-5-2-1-3-6-11/h1-3,5-6,12-13,15H,4,7-10H2/t12-,13-,15+/m0/s1. The van der Waals surface area contributed by atoms with Crippen molar-refractivity contribution >= 4 is 5.78 Å². The van der Waals surface area contributed by atoms with Crippen LogP contribution in [0.3, 0.4) is 0 Å². The van der Waals surface area contributed by atoms with E-state index >= 15 is 0 Å². The summed E-state index contributed by atoms with van der Waals surface area (Å²) in [4.78, 5) is 11.9. The molecule has 0 spiro atoms. The first-order valence-electron chi connectivity index (χ1n) is 6.53. The second kappa shape index (κ2) is 4.61. The molecule has 3 atom stereocenters. The van der Waals surface area contributed by atoms with Gasteiger partial charge >= 0.3 is 0 Å². The highest BCUT2D eigenvalue weighted by atomic mass is 16.5. The maximum absolute atomic E-state index is 11.9. The topological polar surface area (TPSA) is 26.3 Å². The molecule has 2 saturated carbocycles. The number of fused-ring (bicyclic) bond motifs is 1. The third-order valence-corrected chi connectivity index (χ3v) is 4.16. The Labute approximate surface area is 102 Å². The third kappa shape index (κ3) is 2.14. The monoisotopic (exact) mass is 230 g/mol. The van der Waals surface area contributed by atoms with Crippen molar-refractivity contribution in [2.45, 2.75) is 38.4 Å². The maximum Gasteiger partial charge on any atom is 0.162 e. The molecule has 2 aliphatic carbocycles. The van der Waals surface area contributed by atoms with E-state index in [1.165, 1.54) is 19.3 Å². The number of hydrogen-bond donors (Lipinski definition) is 0. The Balaban J connectivity index is 1.63. The molecule has 2 fully saturated rings. The van der Waals surface area contributed by atoms with Crippen molar-refractivity contribution in [3.8, 4) is 0 Å². The summed E-state index contributed by atoms with van der Waals surface area (Å²) in [6.07, 6.45) is 4.30. The summed E-state index contributed by atoms with van der Waals surface area (Å²) >= 11 is 0. The lowest BCUT2D eigenvalue weighted by Crippen LogP contribution is -2.25.